The minimum absolute atomic E-state index is 0.110. The van der Waals surface area contributed by atoms with Crippen LogP contribution in [0.4, 0.5) is 0 Å². The van der Waals surface area contributed by atoms with E-state index in [0.29, 0.717) is 11.8 Å². The van der Waals surface area contributed by atoms with Crippen molar-refractivity contribution in [2.45, 2.75) is 18.4 Å². The van der Waals surface area contributed by atoms with Crippen molar-refractivity contribution >= 4 is 12.0 Å². The molecule has 1 amide bonds. The first-order chi connectivity index (χ1) is 12.2. The van der Waals surface area contributed by atoms with Crippen molar-refractivity contribution in [1.29, 1.82) is 0 Å². The van der Waals surface area contributed by atoms with Crippen LogP contribution < -0.4 is 0 Å². The van der Waals surface area contributed by atoms with Gasteiger partial charge in [-0.1, -0.05) is 30.3 Å². The van der Waals surface area contributed by atoms with E-state index in [1.54, 1.807) is 6.08 Å². The molecule has 4 heteroatoms. The number of rotatable bonds is 3. The van der Waals surface area contributed by atoms with Gasteiger partial charge in [-0.15, -0.1) is 0 Å². The van der Waals surface area contributed by atoms with Crippen molar-refractivity contribution in [3.05, 3.63) is 66.0 Å². The van der Waals surface area contributed by atoms with Gasteiger partial charge in [-0.2, -0.15) is 0 Å². The first-order valence-electron chi connectivity index (χ1n) is 8.96. The third-order valence-electron chi connectivity index (χ3n) is 5.46. The number of aryl methyl sites for hydroxylation is 1. The molecule has 3 atom stereocenters. The number of amides is 1. The van der Waals surface area contributed by atoms with Gasteiger partial charge in [0.15, 0.2) is 0 Å². The molecule has 0 aliphatic carbocycles. The Bertz CT molecular complexity index is 765. The zero-order valence-electron chi connectivity index (χ0n) is 14.5. The summed E-state index contributed by atoms with van der Waals surface area (Å²) in [5.41, 5.74) is 2.36. The summed E-state index contributed by atoms with van der Waals surface area (Å²) in [5.74, 6) is 0.866. The first kappa shape index (κ1) is 16.2. The third kappa shape index (κ3) is 3.27. The SMILES string of the molecule is Cn1ccc(/C=C/C(=O)N2CC(c3ccccc3)C3COCCC32)c1. The van der Waals surface area contributed by atoms with Crippen LogP contribution >= 0.6 is 0 Å². The second kappa shape index (κ2) is 6.89. The molecule has 0 radical (unpaired) electrons. The summed E-state index contributed by atoms with van der Waals surface area (Å²) in [7, 11) is 1.98. The van der Waals surface area contributed by atoms with Gasteiger partial charge in [0.2, 0.25) is 5.91 Å². The number of nitrogens with zero attached hydrogens (tertiary/aromatic N) is 2. The Hall–Kier alpha value is -2.33. The highest BCUT2D eigenvalue weighted by Gasteiger charge is 2.45. The fourth-order valence-electron chi connectivity index (χ4n) is 4.20. The second-order valence-corrected chi connectivity index (χ2v) is 7.05. The van der Waals surface area contributed by atoms with E-state index in [4.69, 9.17) is 4.74 Å². The average Bonchev–Trinajstić information content (AvgIpc) is 3.24. The Balaban J connectivity index is 1.54. The van der Waals surface area contributed by atoms with Crippen LogP contribution in [0, 0.1) is 5.92 Å². The van der Waals surface area contributed by atoms with Crippen molar-refractivity contribution in [3.63, 3.8) is 0 Å². The molecule has 2 saturated heterocycles. The summed E-state index contributed by atoms with van der Waals surface area (Å²) < 4.78 is 7.72. The van der Waals surface area contributed by atoms with Crippen LogP contribution in [0.1, 0.15) is 23.5 Å². The van der Waals surface area contributed by atoms with Crippen molar-refractivity contribution in [2.24, 2.45) is 13.0 Å². The molecule has 0 spiro atoms. The number of hydrogen-bond donors (Lipinski definition) is 0. The predicted octanol–water partition coefficient (Wildman–Crippen LogP) is 3.07. The highest BCUT2D eigenvalue weighted by molar-refractivity contribution is 5.92. The maximum Gasteiger partial charge on any atom is 0.246 e. The summed E-state index contributed by atoms with van der Waals surface area (Å²) in [4.78, 5) is 14.9. The van der Waals surface area contributed by atoms with Crippen LogP contribution in [0.2, 0.25) is 0 Å². The quantitative estimate of drug-likeness (QED) is 0.808. The van der Waals surface area contributed by atoms with E-state index < -0.39 is 0 Å². The Morgan fingerprint density at radius 2 is 2.08 bits per heavy atom. The van der Waals surface area contributed by atoms with Crippen LogP contribution in [0.15, 0.2) is 54.9 Å². The molecule has 2 aromatic rings. The number of ether oxygens (including phenoxy) is 1. The topological polar surface area (TPSA) is 34.5 Å². The number of benzene rings is 1. The lowest BCUT2D eigenvalue weighted by atomic mass is 9.84. The van der Waals surface area contributed by atoms with Gasteiger partial charge in [0, 0.05) is 56.5 Å². The molecule has 0 N–H and O–H groups in total. The largest absolute Gasteiger partial charge is 0.381 e. The number of carbonyl (C=O) groups is 1. The van der Waals surface area contributed by atoms with E-state index in [9.17, 15) is 4.79 Å². The van der Waals surface area contributed by atoms with Gasteiger partial charge in [0.25, 0.3) is 0 Å². The smallest absolute Gasteiger partial charge is 0.246 e. The fourth-order valence-corrected chi connectivity index (χ4v) is 4.20. The van der Waals surface area contributed by atoms with Gasteiger partial charge in [-0.05, 0) is 29.7 Å². The Morgan fingerprint density at radius 3 is 2.84 bits per heavy atom. The second-order valence-electron chi connectivity index (χ2n) is 7.05. The molecule has 2 aliphatic rings. The highest BCUT2D eigenvalue weighted by atomic mass is 16.5. The lowest BCUT2D eigenvalue weighted by molar-refractivity contribution is -0.128. The van der Waals surface area contributed by atoms with Gasteiger partial charge in [0.05, 0.1) is 6.61 Å². The molecule has 25 heavy (non-hydrogen) atoms. The van der Waals surface area contributed by atoms with E-state index in [1.165, 1.54) is 5.56 Å². The van der Waals surface area contributed by atoms with E-state index in [2.05, 4.69) is 29.2 Å². The molecule has 0 saturated carbocycles. The minimum Gasteiger partial charge on any atom is -0.381 e. The van der Waals surface area contributed by atoms with Crippen molar-refractivity contribution < 1.29 is 9.53 Å². The molecule has 1 aromatic carbocycles. The zero-order valence-corrected chi connectivity index (χ0v) is 14.5. The van der Waals surface area contributed by atoms with Crippen LogP contribution in [-0.2, 0) is 16.6 Å². The van der Waals surface area contributed by atoms with E-state index in [0.717, 1.165) is 31.7 Å². The lowest BCUT2D eigenvalue weighted by Crippen LogP contribution is -2.41. The molecular weight excluding hydrogens is 312 g/mol. The van der Waals surface area contributed by atoms with Crippen LogP contribution in [-0.4, -0.2) is 41.2 Å². The maximum absolute atomic E-state index is 12.8. The van der Waals surface area contributed by atoms with Gasteiger partial charge in [-0.25, -0.2) is 0 Å². The summed E-state index contributed by atoms with van der Waals surface area (Å²) in [6.07, 6.45) is 8.55. The first-order valence-corrected chi connectivity index (χ1v) is 8.96. The Labute approximate surface area is 148 Å². The summed E-state index contributed by atoms with van der Waals surface area (Å²) >= 11 is 0. The summed E-state index contributed by atoms with van der Waals surface area (Å²) in [6.45, 7) is 2.27. The van der Waals surface area contributed by atoms with Crippen LogP contribution in [0.3, 0.4) is 0 Å². The zero-order chi connectivity index (χ0) is 17.2. The summed E-state index contributed by atoms with van der Waals surface area (Å²) in [5, 5.41) is 0. The van der Waals surface area contributed by atoms with Crippen LogP contribution in [0.25, 0.3) is 6.08 Å². The molecular formula is C21H24N2O2. The van der Waals surface area contributed by atoms with Gasteiger partial charge in [-0.3, -0.25) is 4.79 Å². The lowest BCUT2D eigenvalue weighted by Gasteiger charge is -2.32. The molecule has 4 nitrogen and oxygen atoms in total. The van der Waals surface area contributed by atoms with E-state index in [1.807, 2.05) is 42.2 Å². The number of fused-ring (bicyclic) bond motifs is 1. The Kier molecular flexibility index (Phi) is 4.45. The molecule has 130 valence electrons. The Morgan fingerprint density at radius 1 is 1.24 bits per heavy atom. The van der Waals surface area contributed by atoms with Crippen molar-refractivity contribution in [2.75, 3.05) is 19.8 Å². The maximum atomic E-state index is 12.8. The van der Waals surface area contributed by atoms with Gasteiger partial charge < -0.3 is 14.2 Å². The normalized spacial score (nSPS) is 26.1. The molecule has 0 bridgehead atoms. The molecule has 2 fully saturated rings. The van der Waals surface area contributed by atoms with Gasteiger partial charge >= 0.3 is 0 Å². The standard InChI is InChI=1S/C21H24N2O2/c1-22-11-9-16(13-22)7-8-21(24)23-14-18(17-5-3-2-4-6-17)19-15-25-12-10-20(19)23/h2-9,11,13,18-20H,10,12,14-15H2,1H3/b8-7+. The van der Waals surface area contributed by atoms with E-state index >= 15 is 0 Å². The minimum atomic E-state index is 0.110. The predicted molar refractivity (Wildman–Crippen MR) is 98.1 cm³/mol. The number of hydrogen-bond acceptors (Lipinski definition) is 2. The fraction of sp³-hybridized carbons (Fsp3) is 0.381. The van der Waals surface area contributed by atoms with E-state index in [-0.39, 0.29) is 11.9 Å². The number of carbonyl (C=O) groups excluding carboxylic acids is 1. The highest BCUT2D eigenvalue weighted by Crippen LogP contribution is 2.40. The molecule has 4 rings (SSSR count). The molecule has 2 aliphatic heterocycles. The van der Waals surface area contributed by atoms with Gasteiger partial charge in [0.1, 0.15) is 0 Å². The monoisotopic (exact) mass is 336 g/mol. The summed E-state index contributed by atoms with van der Waals surface area (Å²) in [6, 6.07) is 12.8. The van der Waals surface area contributed by atoms with Crippen LogP contribution in [0.5, 0.6) is 0 Å². The average molecular weight is 336 g/mol. The van der Waals surface area contributed by atoms with Crippen molar-refractivity contribution in [1.82, 2.24) is 9.47 Å². The molecule has 3 unspecified atom stereocenters. The molecule has 1 aromatic heterocycles. The number of likely N-dealkylation sites (tertiary alicyclic amines) is 1. The third-order valence-corrected chi connectivity index (χ3v) is 5.46. The number of aromatic nitrogens is 1. The molecule has 3 heterocycles. The van der Waals surface area contributed by atoms with Crippen molar-refractivity contribution in [3.8, 4) is 0 Å².